The van der Waals surface area contributed by atoms with E-state index in [1.54, 1.807) is 23.7 Å². The summed E-state index contributed by atoms with van der Waals surface area (Å²) in [5, 5.41) is 3.40. The third-order valence-corrected chi connectivity index (χ3v) is 4.24. The highest BCUT2D eigenvalue weighted by Gasteiger charge is 2.15. The second-order valence-corrected chi connectivity index (χ2v) is 5.74. The van der Waals surface area contributed by atoms with Gasteiger partial charge >= 0.3 is 0 Å². The summed E-state index contributed by atoms with van der Waals surface area (Å²) in [5.74, 6) is 0. The quantitative estimate of drug-likeness (QED) is 0.782. The molecule has 1 atom stereocenters. The molecule has 0 spiro atoms. The van der Waals surface area contributed by atoms with Crippen LogP contribution in [-0.4, -0.2) is 4.98 Å². The molecule has 0 aliphatic rings. The van der Waals surface area contributed by atoms with Crippen LogP contribution in [0.4, 0.5) is 0 Å². The fraction of sp³-hybridized carbons (Fsp3) is 0.133. The molecule has 20 heavy (non-hydrogen) atoms. The van der Waals surface area contributed by atoms with Crippen molar-refractivity contribution in [1.82, 2.24) is 4.98 Å². The Morgan fingerprint density at radius 3 is 2.75 bits per heavy atom. The van der Waals surface area contributed by atoms with Gasteiger partial charge in [0.05, 0.1) is 17.0 Å². The highest BCUT2D eigenvalue weighted by atomic mass is 35.5. The van der Waals surface area contributed by atoms with Gasteiger partial charge in [-0.05, 0) is 17.7 Å². The maximum absolute atomic E-state index is 6.14. The Bertz CT molecular complexity index is 693. The van der Waals surface area contributed by atoms with Gasteiger partial charge in [0.25, 0.3) is 0 Å². The molecule has 2 heterocycles. The van der Waals surface area contributed by atoms with Crippen LogP contribution in [0, 0.1) is 0 Å². The molecule has 0 aliphatic heterocycles. The van der Waals surface area contributed by atoms with Crippen LogP contribution in [0.5, 0.6) is 0 Å². The van der Waals surface area contributed by atoms with Crippen molar-refractivity contribution in [2.75, 3.05) is 0 Å². The molecule has 0 bridgehead atoms. The molecule has 0 amide bonds. The molecule has 102 valence electrons. The Hall–Kier alpha value is -1.62. The maximum atomic E-state index is 6.14. The van der Waals surface area contributed by atoms with E-state index in [-0.39, 0.29) is 6.04 Å². The molecule has 2 N–H and O–H groups in total. The van der Waals surface area contributed by atoms with Crippen LogP contribution in [0.3, 0.4) is 0 Å². The minimum atomic E-state index is -0.198. The first-order valence-electron chi connectivity index (χ1n) is 6.22. The van der Waals surface area contributed by atoms with E-state index in [2.05, 4.69) is 4.98 Å². The van der Waals surface area contributed by atoms with Crippen molar-refractivity contribution < 1.29 is 4.42 Å². The number of aromatic nitrogens is 1. The molecule has 3 nitrogen and oxygen atoms in total. The Morgan fingerprint density at radius 1 is 1.25 bits per heavy atom. The molecule has 5 heteroatoms. The van der Waals surface area contributed by atoms with Crippen LogP contribution in [0.2, 0.25) is 5.22 Å². The van der Waals surface area contributed by atoms with Gasteiger partial charge in [0, 0.05) is 29.0 Å². The summed E-state index contributed by atoms with van der Waals surface area (Å²) in [6.07, 6.45) is 2.20. The average molecular weight is 305 g/mol. The summed E-state index contributed by atoms with van der Waals surface area (Å²) >= 11 is 7.55. The zero-order chi connectivity index (χ0) is 13.9. The SMILES string of the molecule is NC(Cc1nc(-c2ccccc2)cs1)c1ccoc1Cl. The number of benzene rings is 1. The monoisotopic (exact) mass is 304 g/mol. The lowest BCUT2D eigenvalue weighted by Gasteiger charge is -2.07. The first-order valence-corrected chi connectivity index (χ1v) is 7.48. The zero-order valence-electron chi connectivity index (χ0n) is 10.6. The van der Waals surface area contributed by atoms with Crippen molar-refractivity contribution in [2.24, 2.45) is 5.73 Å². The predicted molar refractivity (Wildman–Crippen MR) is 81.9 cm³/mol. The van der Waals surface area contributed by atoms with E-state index in [0.717, 1.165) is 21.8 Å². The topological polar surface area (TPSA) is 52.0 Å². The number of hydrogen-bond donors (Lipinski definition) is 1. The van der Waals surface area contributed by atoms with Gasteiger partial charge in [0.2, 0.25) is 0 Å². The molecule has 0 saturated heterocycles. The van der Waals surface area contributed by atoms with Crippen LogP contribution in [0.25, 0.3) is 11.3 Å². The van der Waals surface area contributed by atoms with E-state index in [1.165, 1.54) is 0 Å². The summed E-state index contributed by atoms with van der Waals surface area (Å²) in [7, 11) is 0. The van der Waals surface area contributed by atoms with Crippen molar-refractivity contribution in [3.8, 4) is 11.3 Å². The molecule has 1 aromatic carbocycles. The number of thiazole rings is 1. The first-order chi connectivity index (χ1) is 9.74. The second-order valence-electron chi connectivity index (χ2n) is 4.45. The Labute approximate surface area is 126 Å². The molecule has 0 radical (unpaired) electrons. The Balaban J connectivity index is 1.76. The Kier molecular flexibility index (Phi) is 3.87. The predicted octanol–water partition coefficient (Wildman–Crippen LogP) is 4.30. The van der Waals surface area contributed by atoms with Crippen molar-refractivity contribution in [1.29, 1.82) is 0 Å². The minimum Gasteiger partial charge on any atom is -0.453 e. The van der Waals surface area contributed by atoms with Gasteiger partial charge in [0.15, 0.2) is 5.22 Å². The van der Waals surface area contributed by atoms with E-state index in [0.29, 0.717) is 11.6 Å². The molecule has 3 rings (SSSR count). The molecule has 0 saturated carbocycles. The number of halogens is 1. The molecule has 0 fully saturated rings. The van der Waals surface area contributed by atoms with Crippen LogP contribution >= 0.6 is 22.9 Å². The van der Waals surface area contributed by atoms with Crippen LogP contribution in [0.1, 0.15) is 16.6 Å². The number of nitrogens with two attached hydrogens (primary N) is 1. The van der Waals surface area contributed by atoms with Crippen LogP contribution in [-0.2, 0) is 6.42 Å². The Morgan fingerprint density at radius 2 is 2.05 bits per heavy atom. The second kappa shape index (κ2) is 5.79. The third-order valence-electron chi connectivity index (χ3n) is 3.06. The maximum Gasteiger partial charge on any atom is 0.197 e. The molecule has 1 unspecified atom stereocenters. The summed E-state index contributed by atoms with van der Waals surface area (Å²) < 4.78 is 5.07. The van der Waals surface area contributed by atoms with Crippen LogP contribution < -0.4 is 5.73 Å². The molecule has 2 aromatic heterocycles. The number of nitrogens with zero attached hydrogens (tertiary/aromatic N) is 1. The lowest BCUT2D eigenvalue weighted by molar-refractivity contribution is 0.560. The van der Waals surface area contributed by atoms with Crippen molar-refractivity contribution in [2.45, 2.75) is 12.5 Å². The normalized spacial score (nSPS) is 12.5. The highest BCUT2D eigenvalue weighted by molar-refractivity contribution is 7.09. The third kappa shape index (κ3) is 2.77. The molecule has 0 aliphatic carbocycles. The lowest BCUT2D eigenvalue weighted by Crippen LogP contribution is -2.12. The molecule has 3 aromatic rings. The molecular weight excluding hydrogens is 292 g/mol. The van der Waals surface area contributed by atoms with Crippen molar-refractivity contribution in [3.05, 3.63) is 63.8 Å². The van der Waals surface area contributed by atoms with Gasteiger partial charge in [-0.15, -0.1) is 11.3 Å². The van der Waals surface area contributed by atoms with E-state index in [9.17, 15) is 0 Å². The smallest absolute Gasteiger partial charge is 0.197 e. The van der Waals surface area contributed by atoms with Crippen molar-refractivity contribution in [3.63, 3.8) is 0 Å². The summed E-state index contributed by atoms with van der Waals surface area (Å²) in [5.41, 5.74) is 9.06. The summed E-state index contributed by atoms with van der Waals surface area (Å²) in [4.78, 5) is 4.62. The van der Waals surface area contributed by atoms with Gasteiger partial charge < -0.3 is 10.2 Å². The largest absolute Gasteiger partial charge is 0.453 e. The van der Waals surface area contributed by atoms with E-state index in [4.69, 9.17) is 21.8 Å². The lowest BCUT2D eigenvalue weighted by atomic mass is 10.1. The minimum absolute atomic E-state index is 0.198. The van der Waals surface area contributed by atoms with Gasteiger partial charge in [-0.3, -0.25) is 0 Å². The van der Waals surface area contributed by atoms with Gasteiger partial charge in [-0.1, -0.05) is 30.3 Å². The number of furan rings is 1. The number of hydrogen-bond acceptors (Lipinski definition) is 4. The van der Waals surface area contributed by atoms with Crippen molar-refractivity contribution >= 4 is 22.9 Å². The number of rotatable bonds is 4. The fourth-order valence-electron chi connectivity index (χ4n) is 2.01. The van der Waals surface area contributed by atoms with Gasteiger partial charge in [-0.25, -0.2) is 4.98 Å². The summed E-state index contributed by atoms with van der Waals surface area (Å²) in [6.45, 7) is 0. The first kappa shape index (κ1) is 13.4. The van der Waals surface area contributed by atoms with Crippen LogP contribution in [0.15, 0.2) is 52.5 Å². The standard InChI is InChI=1S/C15H13ClN2OS/c16-15-11(6-7-19-15)12(17)8-14-18-13(9-20-14)10-4-2-1-3-5-10/h1-7,9,12H,8,17H2. The van der Waals surface area contributed by atoms with E-state index < -0.39 is 0 Å². The molecular formula is C15H13ClN2OS. The van der Waals surface area contributed by atoms with E-state index >= 15 is 0 Å². The average Bonchev–Trinajstić information content (AvgIpc) is 3.09. The highest BCUT2D eigenvalue weighted by Crippen LogP contribution is 2.28. The van der Waals surface area contributed by atoms with Gasteiger partial charge in [0.1, 0.15) is 0 Å². The van der Waals surface area contributed by atoms with E-state index in [1.807, 2.05) is 35.7 Å². The zero-order valence-corrected chi connectivity index (χ0v) is 12.2. The fourth-order valence-corrected chi connectivity index (χ4v) is 3.13. The van der Waals surface area contributed by atoms with Gasteiger partial charge in [-0.2, -0.15) is 0 Å². The summed E-state index contributed by atoms with van der Waals surface area (Å²) in [6, 6.07) is 11.7.